The number of carbonyl (C=O) groups is 1. The van der Waals surface area contributed by atoms with Crippen molar-refractivity contribution in [1.82, 2.24) is 14.8 Å². The molecular weight excluding hydrogens is 408 g/mol. The fraction of sp³-hybridized carbons (Fsp3) is 0.280. The Morgan fingerprint density at radius 2 is 1.68 bits per heavy atom. The lowest BCUT2D eigenvalue weighted by molar-refractivity contribution is 0.102. The van der Waals surface area contributed by atoms with Crippen molar-refractivity contribution >= 4 is 23.2 Å². The number of rotatable bonds is 6. The number of aryl methyl sites for hydroxylation is 1. The van der Waals surface area contributed by atoms with Crippen molar-refractivity contribution in [2.45, 2.75) is 20.0 Å². The van der Waals surface area contributed by atoms with Gasteiger partial charge in [-0.1, -0.05) is 29.8 Å². The van der Waals surface area contributed by atoms with Gasteiger partial charge in [-0.25, -0.2) is 0 Å². The van der Waals surface area contributed by atoms with E-state index in [2.05, 4.69) is 26.2 Å². The molecule has 0 saturated carbocycles. The molecule has 6 heteroatoms. The van der Waals surface area contributed by atoms with Crippen LogP contribution in [0, 0.1) is 6.92 Å². The maximum atomic E-state index is 12.5. The molecule has 1 aliphatic heterocycles. The summed E-state index contributed by atoms with van der Waals surface area (Å²) in [4.78, 5) is 21.9. The molecular formula is C25H27ClN4O. The zero-order chi connectivity index (χ0) is 21.6. The summed E-state index contributed by atoms with van der Waals surface area (Å²) in [5.41, 5.74) is 4.68. The number of aromatic nitrogens is 1. The normalized spacial score (nSPS) is 15.0. The number of hydrogen-bond donors (Lipinski definition) is 1. The standard InChI is InChI=1S/C25H27ClN4O/c1-19-16-22(9-10-24(19)26)28-25(31)21-7-5-20(6-8-21)17-29-12-14-30(15-13-29)18-23-4-2-3-11-27-23/h2-11,16H,12-15,17-18H2,1H3,(H,28,31). The number of piperazine rings is 1. The van der Waals surface area contributed by atoms with Crippen molar-refractivity contribution in [1.29, 1.82) is 0 Å². The Morgan fingerprint density at radius 1 is 0.968 bits per heavy atom. The minimum absolute atomic E-state index is 0.114. The van der Waals surface area contributed by atoms with E-state index in [1.165, 1.54) is 5.56 Å². The molecule has 1 saturated heterocycles. The average molecular weight is 435 g/mol. The van der Waals surface area contributed by atoms with E-state index >= 15 is 0 Å². The summed E-state index contributed by atoms with van der Waals surface area (Å²) in [6.45, 7) is 7.87. The Kier molecular flexibility index (Phi) is 6.97. The summed E-state index contributed by atoms with van der Waals surface area (Å²) >= 11 is 6.05. The largest absolute Gasteiger partial charge is 0.322 e. The lowest BCUT2D eigenvalue weighted by atomic mass is 10.1. The van der Waals surface area contributed by atoms with Crippen LogP contribution in [0.2, 0.25) is 5.02 Å². The third kappa shape index (κ3) is 5.91. The molecule has 5 nitrogen and oxygen atoms in total. The predicted octanol–water partition coefficient (Wildman–Crippen LogP) is 4.61. The fourth-order valence-corrected chi connectivity index (χ4v) is 3.89. The summed E-state index contributed by atoms with van der Waals surface area (Å²) in [6.07, 6.45) is 1.85. The third-order valence-corrected chi connectivity index (χ3v) is 6.04. The quantitative estimate of drug-likeness (QED) is 0.615. The lowest BCUT2D eigenvalue weighted by Crippen LogP contribution is -2.45. The third-order valence-electron chi connectivity index (χ3n) is 5.61. The van der Waals surface area contributed by atoms with Gasteiger partial charge in [-0.2, -0.15) is 0 Å². The molecule has 4 rings (SSSR count). The summed E-state index contributed by atoms with van der Waals surface area (Å²) < 4.78 is 0. The first kappa shape index (κ1) is 21.5. The van der Waals surface area contributed by atoms with E-state index in [-0.39, 0.29) is 5.91 Å². The van der Waals surface area contributed by atoms with Crippen LogP contribution in [-0.4, -0.2) is 46.9 Å². The van der Waals surface area contributed by atoms with Crippen LogP contribution in [0.1, 0.15) is 27.2 Å². The monoisotopic (exact) mass is 434 g/mol. The highest BCUT2D eigenvalue weighted by Gasteiger charge is 2.17. The molecule has 1 aromatic heterocycles. The van der Waals surface area contributed by atoms with Gasteiger partial charge in [-0.3, -0.25) is 19.6 Å². The van der Waals surface area contributed by atoms with E-state index in [0.29, 0.717) is 10.6 Å². The van der Waals surface area contributed by atoms with Crippen molar-refractivity contribution < 1.29 is 4.79 Å². The Balaban J connectivity index is 1.27. The number of pyridine rings is 1. The summed E-state index contributed by atoms with van der Waals surface area (Å²) in [5.74, 6) is -0.114. The first-order valence-corrected chi connectivity index (χ1v) is 11.0. The Morgan fingerprint density at radius 3 is 2.32 bits per heavy atom. The molecule has 2 heterocycles. The Labute approximate surface area is 188 Å². The molecule has 1 N–H and O–H groups in total. The Bertz CT molecular complexity index is 1020. The molecule has 0 radical (unpaired) electrons. The fourth-order valence-electron chi connectivity index (χ4n) is 3.77. The molecule has 0 bridgehead atoms. The van der Waals surface area contributed by atoms with E-state index in [0.717, 1.165) is 56.2 Å². The number of anilines is 1. The number of benzene rings is 2. The molecule has 1 amide bonds. The summed E-state index contributed by atoms with van der Waals surface area (Å²) in [6, 6.07) is 19.4. The van der Waals surface area contributed by atoms with E-state index in [1.54, 1.807) is 6.07 Å². The van der Waals surface area contributed by atoms with Crippen molar-refractivity contribution in [3.05, 3.63) is 94.3 Å². The maximum Gasteiger partial charge on any atom is 0.255 e. The van der Waals surface area contributed by atoms with Crippen LogP contribution < -0.4 is 5.32 Å². The smallest absolute Gasteiger partial charge is 0.255 e. The molecule has 0 spiro atoms. The number of halogens is 1. The minimum Gasteiger partial charge on any atom is -0.322 e. The Hall–Kier alpha value is -2.73. The molecule has 0 atom stereocenters. The van der Waals surface area contributed by atoms with Gasteiger partial charge in [0, 0.05) is 61.7 Å². The van der Waals surface area contributed by atoms with Gasteiger partial charge in [0.15, 0.2) is 0 Å². The van der Waals surface area contributed by atoms with E-state index < -0.39 is 0 Å². The van der Waals surface area contributed by atoms with Crippen LogP contribution in [0.15, 0.2) is 66.9 Å². The highest BCUT2D eigenvalue weighted by Crippen LogP contribution is 2.20. The first-order chi connectivity index (χ1) is 15.1. The van der Waals surface area contributed by atoms with Gasteiger partial charge >= 0.3 is 0 Å². The van der Waals surface area contributed by atoms with E-state index in [4.69, 9.17) is 11.6 Å². The zero-order valence-corrected chi connectivity index (χ0v) is 18.5. The number of hydrogen-bond acceptors (Lipinski definition) is 4. The summed E-state index contributed by atoms with van der Waals surface area (Å²) in [5, 5.41) is 3.63. The topological polar surface area (TPSA) is 48.5 Å². The number of nitrogens with zero attached hydrogens (tertiary/aromatic N) is 3. The molecule has 2 aromatic carbocycles. The van der Waals surface area contributed by atoms with Gasteiger partial charge in [-0.05, 0) is 60.5 Å². The molecule has 1 fully saturated rings. The van der Waals surface area contributed by atoms with Crippen LogP contribution in [0.4, 0.5) is 5.69 Å². The van der Waals surface area contributed by atoms with Crippen LogP contribution in [0.3, 0.4) is 0 Å². The minimum atomic E-state index is -0.114. The second-order valence-electron chi connectivity index (χ2n) is 7.99. The second-order valence-corrected chi connectivity index (χ2v) is 8.40. The van der Waals surface area contributed by atoms with Crippen LogP contribution in [-0.2, 0) is 13.1 Å². The van der Waals surface area contributed by atoms with E-state index in [9.17, 15) is 4.79 Å². The lowest BCUT2D eigenvalue weighted by Gasteiger charge is -2.34. The second kappa shape index (κ2) is 10.1. The predicted molar refractivity (Wildman–Crippen MR) is 125 cm³/mol. The average Bonchev–Trinajstić information content (AvgIpc) is 2.79. The highest BCUT2D eigenvalue weighted by atomic mass is 35.5. The van der Waals surface area contributed by atoms with Crippen molar-refractivity contribution in [2.75, 3.05) is 31.5 Å². The van der Waals surface area contributed by atoms with Gasteiger partial charge in [0.1, 0.15) is 0 Å². The molecule has 0 aliphatic carbocycles. The molecule has 1 aliphatic rings. The SMILES string of the molecule is Cc1cc(NC(=O)c2ccc(CN3CCN(Cc4ccccn4)CC3)cc2)ccc1Cl. The zero-order valence-electron chi connectivity index (χ0n) is 17.7. The van der Waals surface area contributed by atoms with Crippen LogP contribution in [0.25, 0.3) is 0 Å². The maximum absolute atomic E-state index is 12.5. The van der Waals surface area contributed by atoms with E-state index in [1.807, 2.05) is 61.7 Å². The van der Waals surface area contributed by atoms with Gasteiger partial charge in [0.2, 0.25) is 0 Å². The highest BCUT2D eigenvalue weighted by molar-refractivity contribution is 6.31. The summed E-state index contributed by atoms with van der Waals surface area (Å²) in [7, 11) is 0. The van der Waals surface area contributed by atoms with Crippen molar-refractivity contribution in [3.63, 3.8) is 0 Å². The number of carbonyl (C=O) groups excluding carboxylic acids is 1. The van der Waals surface area contributed by atoms with Crippen molar-refractivity contribution in [3.8, 4) is 0 Å². The molecule has 0 unspecified atom stereocenters. The number of amides is 1. The number of nitrogens with one attached hydrogen (secondary N) is 1. The van der Waals surface area contributed by atoms with Gasteiger partial charge in [0.25, 0.3) is 5.91 Å². The van der Waals surface area contributed by atoms with Gasteiger partial charge in [0.05, 0.1) is 5.69 Å². The van der Waals surface area contributed by atoms with Gasteiger partial charge < -0.3 is 5.32 Å². The van der Waals surface area contributed by atoms with Crippen LogP contribution in [0.5, 0.6) is 0 Å². The van der Waals surface area contributed by atoms with Gasteiger partial charge in [-0.15, -0.1) is 0 Å². The molecule has 160 valence electrons. The molecule has 3 aromatic rings. The first-order valence-electron chi connectivity index (χ1n) is 10.6. The van der Waals surface area contributed by atoms with Crippen molar-refractivity contribution in [2.24, 2.45) is 0 Å². The van der Waals surface area contributed by atoms with Crippen LogP contribution >= 0.6 is 11.6 Å². The molecule has 31 heavy (non-hydrogen) atoms.